The normalized spacial score (nSPS) is 21.6. The third-order valence-corrected chi connectivity index (χ3v) is 7.09. The molecule has 2 amide bonds. The van der Waals surface area contributed by atoms with Gasteiger partial charge in [0.15, 0.2) is 0 Å². The molecule has 0 aliphatic carbocycles. The maximum atomic E-state index is 12.5. The van der Waals surface area contributed by atoms with Crippen molar-refractivity contribution in [3.8, 4) is 0 Å². The molecule has 2 heterocycles. The molecule has 0 spiro atoms. The summed E-state index contributed by atoms with van der Waals surface area (Å²) in [5.74, 6) is -0.379. The standard InChI is InChI=1S/C25H31N3O5S/c1-15(2)21-14-33-24(30)28(21)19-8-6-7-16(12-19)22-25(3,4)13-18-11-17(9-10-20(18)26-22)23(29)27-34(5,31)32/h6-12,15,21-22,26H,13-14H2,1-5H3,(H,27,29). The van der Waals surface area contributed by atoms with Crippen LogP contribution in [0.2, 0.25) is 0 Å². The Labute approximate surface area is 200 Å². The van der Waals surface area contributed by atoms with Gasteiger partial charge in [-0.1, -0.05) is 39.8 Å². The molecule has 2 N–H and O–H groups in total. The molecule has 8 nitrogen and oxygen atoms in total. The summed E-state index contributed by atoms with van der Waals surface area (Å²) in [7, 11) is -3.64. The maximum Gasteiger partial charge on any atom is 0.414 e. The third kappa shape index (κ3) is 4.75. The van der Waals surface area contributed by atoms with E-state index in [-0.39, 0.29) is 29.5 Å². The number of anilines is 2. The van der Waals surface area contributed by atoms with Crippen LogP contribution in [0.1, 0.15) is 55.2 Å². The highest BCUT2D eigenvalue weighted by Crippen LogP contribution is 2.45. The van der Waals surface area contributed by atoms with Crippen molar-refractivity contribution < 1.29 is 22.7 Å². The van der Waals surface area contributed by atoms with E-state index in [1.54, 1.807) is 17.0 Å². The van der Waals surface area contributed by atoms with Crippen LogP contribution in [0, 0.1) is 11.3 Å². The van der Waals surface area contributed by atoms with Gasteiger partial charge in [-0.05, 0) is 59.2 Å². The van der Waals surface area contributed by atoms with E-state index < -0.39 is 15.9 Å². The molecule has 2 atom stereocenters. The Kier molecular flexibility index (Phi) is 6.10. The molecule has 2 unspecified atom stereocenters. The van der Waals surface area contributed by atoms with E-state index in [4.69, 9.17) is 4.74 Å². The van der Waals surface area contributed by atoms with Crippen molar-refractivity contribution >= 4 is 33.4 Å². The minimum absolute atomic E-state index is 0.00713. The molecule has 34 heavy (non-hydrogen) atoms. The van der Waals surface area contributed by atoms with Crippen LogP contribution in [0.25, 0.3) is 0 Å². The minimum Gasteiger partial charge on any atom is -0.447 e. The van der Waals surface area contributed by atoms with Crippen molar-refractivity contribution in [2.75, 3.05) is 23.1 Å². The molecule has 2 aromatic carbocycles. The summed E-state index contributed by atoms with van der Waals surface area (Å²) in [5, 5.41) is 3.60. The number of fused-ring (bicyclic) bond motifs is 1. The van der Waals surface area contributed by atoms with Crippen molar-refractivity contribution in [2.45, 2.75) is 46.2 Å². The molecule has 0 aromatic heterocycles. The number of benzene rings is 2. The zero-order chi connectivity index (χ0) is 24.8. The highest BCUT2D eigenvalue weighted by atomic mass is 32.2. The number of nitrogens with zero attached hydrogens (tertiary/aromatic N) is 1. The summed E-state index contributed by atoms with van der Waals surface area (Å²) in [4.78, 5) is 26.5. The summed E-state index contributed by atoms with van der Waals surface area (Å²) < 4.78 is 30.2. The zero-order valence-corrected chi connectivity index (χ0v) is 20.9. The zero-order valence-electron chi connectivity index (χ0n) is 20.1. The maximum absolute atomic E-state index is 12.5. The Hall–Kier alpha value is -3.07. The first-order valence-corrected chi connectivity index (χ1v) is 13.2. The first kappa shape index (κ1) is 24.1. The van der Waals surface area contributed by atoms with Crippen molar-refractivity contribution in [2.24, 2.45) is 11.3 Å². The molecule has 1 saturated heterocycles. The van der Waals surface area contributed by atoms with Crippen LogP contribution in [0.3, 0.4) is 0 Å². The van der Waals surface area contributed by atoms with Crippen LogP contribution in [-0.2, 0) is 21.2 Å². The lowest BCUT2D eigenvalue weighted by Crippen LogP contribution is -2.38. The van der Waals surface area contributed by atoms with Crippen molar-refractivity contribution in [3.05, 3.63) is 59.2 Å². The topological polar surface area (TPSA) is 105 Å². The van der Waals surface area contributed by atoms with E-state index in [2.05, 4.69) is 33.0 Å². The van der Waals surface area contributed by atoms with Gasteiger partial charge < -0.3 is 10.1 Å². The Morgan fingerprint density at radius 1 is 1.21 bits per heavy atom. The number of nitrogens with one attached hydrogen (secondary N) is 2. The number of hydrogen-bond acceptors (Lipinski definition) is 6. The van der Waals surface area contributed by atoms with Crippen LogP contribution in [-0.4, -0.2) is 39.3 Å². The van der Waals surface area contributed by atoms with Crippen LogP contribution in [0.5, 0.6) is 0 Å². The molecule has 182 valence electrons. The molecule has 0 radical (unpaired) electrons. The van der Waals surface area contributed by atoms with Gasteiger partial charge in [-0.2, -0.15) is 0 Å². The second-order valence-corrected chi connectivity index (χ2v) is 11.9. The van der Waals surface area contributed by atoms with E-state index in [0.717, 1.165) is 28.8 Å². The molecule has 2 aromatic rings. The largest absolute Gasteiger partial charge is 0.447 e. The van der Waals surface area contributed by atoms with E-state index >= 15 is 0 Å². The Morgan fingerprint density at radius 2 is 1.94 bits per heavy atom. The quantitative estimate of drug-likeness (QED) is 0.661. The fraction of sp³-hybridized carbons (Fsp3) is 0.440. The van der Waals surface area contributed by atoms with Crippen molar-refractivity contribution in [3.63, 3.8) is 0 Å². The predicted octanol–water partition coefficient (Wildman–Crippen LogP) is 4.09. The summed E-state index contributed by atoms with van der Waals surface area (Å²) >= 11 is 0. The summed E-state index contributed by atoms with van der Waals surface area (Å²) in [5.41, 5.74) is 3.78. The number of sulfonamides is 1. The average Bonchev–Trinajstić information content (AvgIpc) is 3.13. The molecular formula is C25H31N3O5S. The Balaban J connectivity index is 1.63. The summed E-state index contributed by atoms with van der Waals surface area (Å²) in [6.07, 6.45) is 1.32. The smallest absolute Gasteiger partial charge is 0.414 e. The lowest BCUT2D eigenvalue weighted by molar-refractivity contribution is 0.0981. The van der Waals surface area contributed by atoms with Crippen molar-refractivity contribution in [1.29, 1.82) is 0 Å². The predicted molar refractivity (Wildman–Crippen MR) is 131 cm³/mol. The molecule has 0 saturated carbocycles. The molecule has 4 rings (SSSR count). The SMILES string of the molecule is CC(C)C1COC(=O)N1c1cccc(C2Nc3ccc(C(=O)NS(C)(=O)=O)cc3CC2(C)C)c1. The first-order valence-electron chi connectivity index (χ1n) is 11.3. The van der Waals surface area contributed by atoms with E-state index in [1.165, 1.54) is 0 Å². The molecule has 2 aliphatic rings. The molecular weight excluding hydrogens is 454 g/mol. The van der Waals surface area contributed by atoms with Gasteiger partial charge in [-0.3, -0.25) is 9.69 Å². The minimum atomic E-state index is -3.64. The van der Waals surface area contributed by atoms with Gasteiger partial charge in [-0.25, -0.2) is 17.9 Å². The van der Waals surface area contributed by atoms with Gasteiger partial charge in [0.05, 0.1) is 18.3 Å². The number of rotatable bonds is 5. The molecule has 2 aliphatic heterocycles. The van der Waals surface area contributed by atoms with Crippen molar-refractivity contribution in [1.82, 2.24) is 4.72 Å². The third-order valence-electron chi connectivity index (χ3n) is 6.53. The fourth-order valence-corrected chi connectivity index (χ4v) is 5.26. The van der Waals surface area contributed by atoms with Crippen LogP contribution in [0.4, 0.5) is 16.2 Å². The number of carbonyl (C=O) groups excluding carboxylic acids is 2. The first-order chi connectivity index (χ1) is 15.9. The van der Waals surface area contributed by atoms with Gasteiger partial charge >= 0.3 is 6.09 Å². The molecule has 1 fully saturated rings. The summed E-state index contributed by atoms with van der Waals surface area (Å²) in [6, 6.07) is 13.1. The van der Waals surface area contributed by atoms with Gasteiger partial charge in [0.25, 0.3) is 5.91 Å². The lowest BCUT2D eigenvalue weighted by atomic mass is 9.72. The number of amides is 2. The van der Waals surface area contributed by atoms with Crippen LogP contribution in [0.15, 0.2) is 42.5 Å². The molecule has 9 heteroatoms. The second-order valence-electron chi connectivity index (χ2n) is 10.2. The highest BCUT2D eigenvalue weighted by Gasteiger charge is 2.39. The van der Waals surface area contributed by atoms with Crippen LogP contribution >= 0.6 is 0 Å². The summed E-state index contributed by atoms with van der Waals surface area (Å²) in [6.45, 7) is 8.83. The number of carbonyl (C=O) groups is 2. The highest BCUT2D eigenvalue weighted by molar-refractivity contribution is 7.89. The average molecular weight is 486 g/mol. The molecule has 0 bridgehead atoms. The fourth-order valence-electron chi connectivity index (χ4n) is 4.81. The van der Waals surface area contributed by atoms with E-state index in [0.29, 0.717) is 18.6 Å². The Morgan fingerprint density at radius 3 is 2.62 bits per heavy atom. The lowest BCUT2D eigenvalue weighted by Gasteiger charge is -2.41. The second kappa shape index (κ2) is 8.61. The van der Waals surface area contributed by atoms with Gasteiger partial charge in [0.2, 0.25) is 10.0 Å². The number of cyclic esters (lactones) is 1. The van der Waals surface area contributed by atoms with Gasteiger partial charge in [0, 0.05) is 16.9 Å². The van der Waals surface area contributed by atoms with Gasteiger partial charge in [-0.15, -0.1) is 0 Å². The van der Waals surface area contributed by atoms with Gasteiger partial charge in [0.1, 0.15) is 6.61 Å². The van der Waals surface area contributed by atoms with E-state index in [1.807, 2.05) is 35.1 Å². The number of hydrogen-bond donors (Lipinski definition) is 2. The van der Waals surface area contributed by atoms with Crippen LogP contribution < -0.4 is 14.9 Å². The number of ether oxygens (including phenoxy) is 1. The Bertz CT molecular complexity index is 1240. The van der Waals surface area contributed by atoms with E-state index in [9.17, 15) is 18.0 Å². The monoisotopic (exact) mass is 485 g/mol.